The molecule has 0 bridgehead atoms. The Kier molecular flexibility index (Phi) is 4.25. The smallest absolute Gasteiger partial charge is 0.311 e. The zero-order valence-corrected chi connectivity index (χ0v) is 9.34. The number of nitro benzene ring substituents is 1. The van der Waals surface area contributed by atoms with Gasteiger partial charge in [-0.1, -0.05) is 13.0 Å². The van der Waals surface area contributed by atoms with Crippen molar-refractivity contribution in [2.45, 2.75) is 26.4 Å². The van der Waals surface area contributed by atoms with Crippen LogP contribution in [0.25, 0.3) is 0 Å². The third-order valence-corrected chi connectivity index (χ3v) is 2.25. The Morgan fingerprint density at radius 3 is 2.69 bits per heavy atom. The number of rotatable bonds is 5. The van der Waals surface area contributed by atoms with E-state index in [0.717, 1.165) is 0 Å². The lowest BCUT2D eigenvalue weighted by atomic mass is 10.1. The van der Waals surface area contributed by atoms with Crippen molar-refractivity contribution in [2.75, 3.05) is 6.61 Å². The van der Waals surface area contributed by atoms with E-state index >= 15 is 0 Å². The minimum Gasteiger partial charge on any atom is -0.487 e. The minimum absolute atomic E-state index is 0.105. The molecule has 0 radical (unpaired) electrons. The van der Waals surface area contributed by atoms with Crippen molar-refractivity contribution in [3.8, 4) is 5.75 Å². The molecule has 0 saturated carbocycles. The van der Waals surface area contributed by atoms with Gasteiger partial charge in [0.05, 0.1) is 17.6 Å². The van der Waals surface area contributed by atoms with Gasteiger partial charge in [0.15, 0.2) is 5.75 Å². The van der Waals surface area contributed by atoms with Gasteiger partial charge in [0.25, 0.3) is 0 Å². The van der Waals surface area contributed by atoms with Gasteiger partial charge in [-0.2, -0.15) is 0 Å². The van der Waals surface area contributed by atoms with Crippen molar-refractivity contribution in [2.24, 2.45) is 0 Å². The van der Waals surface area contributed by atoms with Gasteiger partial charge in [-0.25, -0.2) is 0 Å². The van der Waals surface area contributed by atoms with Crippen molar-refractivity contribution in [3.63, 3.8) is 0 Å². The van der Waals surface area contributed by atoms with E-state index in [1.807, 2.05) is 6.92 Å². The minimum atomic E-state index is -0.672. The Labute approximate surface area is 93.8 Å². The van der Waals surface area contributed by atoms with Crippen LogP contribution >= 0.6 is 0 Å². The second-order valence-corrected chi connectivity index (χ2v) is 3.34. The summed E-state index contributed by atoms with van der Waals surface area (Å²) < 4.78 is 5.14. The Hall–Kier alpha value is -1.62. The summed E-state index contributed by atoms with van der Waals surface area (Å²) >= 11 is 0. The van der Waals surface area contributed by atoms with Crippen LogP contribution in [0.3, 0.4) is 0 Å². The van der Waals surface area contributed by atoms with E-state index in [1.54, 1.807) is 13.0 Å². The molecule has 0 fully saturated rings. The maximum Gasteiger partial charge on any atom is 0.311 e. The largest absolute Gasteiger partial charge is 0.487 e. The van der Waals surface area contributed by atoms with Crippen LogP contribution in [0.15, 0.2) is 18.2 Å². The van der Waals surface area contributed by atoms with Gasteiger partial charge >= 0.3 is 5.69 Å². The predicted molar refractivity (Wildman–Crippen MR) is 59.5 cm³/mol. The highest BCUT2D eigenvalue weighted by molar-refractivity contribution is 5.49. The van der Waals surface area contributed by atoms with Gasteiger partial charge in [0.1, 0.15) is 0 Å². The molecule has 5 nitrogen and oxygen atoms in total. The van der Waals surface area contributed by atoms with Crippen LogP contribution in [0.5, 0.6) is 5.75 Å². The Morgan fingerprint density at radius 2 is 2.19 bits per heavy atom. The van der Waals surface area contributed by atoms with Gasteiger partial charge in [-0.05, 0) is 25.0 Å². The first-order valence-corrected chi connectivity index (χ1v) is 5.19. The molecule has 0 spiro atoms. The first-order chi connectivity index (χ1) is 7.60. The van der Waals surface area contributed by atoms with Crippen LogP contribution in [0.2, 0.25) is 0 Å². The molecule has 0 aliphatic rings. The quantitative estimate of drug-likeness (QED) is 0.617. The molecular formula is C11H15NO4. The number of hydrogen-bond donors (Lipinski definition) is 1. The standard InChI is InChI=1S/C11H15NO4/c1-3-10(13)8-5-6-11(16-4-2)9(7-8)12(14)15/h5-7,10,13H,3-4H2,1-2H3. The van der Waals surface area contributed by atoms with Crippen LogP contribution in [0.4, 0.5) is 5.69 Å². The van der Waals surface area contributed by atoms with Gasteiger partial charge in [0.2, 0.25) is 0 Å². The van der Waals surface area contributed by atoms with Crippen LogP contribution in [0, 0.1) is 10.1 Å². The number of aliphatic hydroxyl groups excluding tert-OH is 1. The fourth-order valence-electron chi connectivity index (χ4n) is 1.40. The summed E-state index contributed by atoms with van der Waals surface area (Å²) in [4.78, 5) is 10.3. The van der Waals surface area contributed by atoms with Gasteiger partial charge < -0.3 is 9.84 Å². The van der Waals surface area contributed by atoms with Crippen molar-refractivity contribution in [1.82, 2.24) is 0 Å². The molecule has 0 aliphatic carbocycles. The molecule has 0 amide bonds. The molecule has 0 heterocycles. The summed E-state index contributed by atoms with van der Waals surface area (Å²) in [5.41, 5.74) is 0.435. The molecule has 0 aliphatic heterocycles. The molecule has 1 aromatic carbocycles. The molecule has 0 saturated heterocycles. The van der Waals surface area contributed by atoms with Crippen LogP contribution in [0.1, 0.15) is 31.9 Å². The molecule has 5 heteroatoms. The highest BCUT2D eigenvalue weighted by atomic mass is 16.6. The summed E-state index contributed by atoms with van der Waals surface area (Å²) in [6, 6.07) is 4.53. The van der Waals surface area contributed by atoms with Crippen molar-refractivity contribution in [1.29, 1.82) is 0 Å². The average Bonchev–Trinajstić information content (AvgIpc) is 2.28. The monoisotopic (exact) mass is 225 g/mol. The maximum atomic E-state index is 10.8. The second kappa shape index (κ2) is 5.46. The first-order valence-electron chi connectivity index (χ1n) is 5.19. The van der Waals surface area contributed by atoms with Crippen LogP contribution in [-0.2, 0) is 0 Å². The first kappa shape index (κ1) is 12.4. The van der Waals surface area contributed by atoms with Crippen LogP contribution in [-0.4, -0.2) is 16.6 Å². The molecule has 1 atom stereocenters. The SMILES string of the molecule is CCOc1ccc(C(O)CC)cc1[N+](=O)[O-]. The average molecular weight is 225 g/mol. The topological polar surface area (TPSA) is 72.6 Å². The van der Waals surface area contributed by atoms with Crippen molar-refractivity contribution < 1.29 is 14.8 Å². The zero-order valence-electron chi connectivity index (χ0n) is 9.34. The van der Waals surface area contributed by atoms with E-state index < -0.39 is 11.0 Å². The molecule has 88 valence electrons. The molecule has 1 aromatic rings. The van der Waals surface area contributed by atoms with E-state index in [9.17, 15) is 15.2 Å². The maximum absolute atomic E-state index is 10.8. The third-order valence-electron chi connectivity index (χ3n) is 2.25. The molecule has 1 rings (SSSR count). The summed E-state index contributed by atoms with van der Waals surface area (Å²) in [5, 5.41) is 20.4. The molecule has 0 aromatic heterocycles. The highest BCUT2D eigenvalue weighted by Gasteiger charge is 2.17. The van der Waals surface area contributed by atoms with E-state index in [2.05, 4.69) is 0 Å². The number of nitrogens with zero attached hydrogens (tertiary/aromatic N) is 1. The predicted octanol–water partition coefficient (Wildman–Crippen LogP) is 2.44. The molecule has 16 heavy (non-hydrogen) atoms. The number of hydrogen-bond acceptors (Lipinski definition) is 4. The van der Waals surface area contributed by atoms with E-state index in [4.69, 9.17) is 4.74 Å². The fourth-order valence-corrected chi connectivity index (χ4v) is 1.40. The highest BCUT2D eigenvalue weighted by Crippen LogP contribution is 2.30. The lowest BCUT2D eigenvalue weighted by Gasteiger charge is -2.10. The molecular weight excluding hydrogens is 210 g/mol. The number of aliphatic hydroxyl groups is 1. The Balaban J connectivity index is 3.12. The summed E-state index contributed by atoms with van der Waals surface area (Å²) in [6.45, 7) is 3.95. The zero-order chi connectivity index (χ0) is 12.1. The normalized spacial score (nSPS) is 12.2. The Morgan fingerprint density at radius 1 is 1.50 bits per heavy atom. The van der Waals surface area contributed by atoms with E-state index in [1.165, 1.54) is 12.1 Å². The van der Waals surface area contributed by atoms with Crippen molar-refractivity contribution in [3.05, 3.63) is 33.9 Å². The fraction of sp³-hybridized carbons (Fsp3) is 0.455. The lowest BCUT2D eigenvalue weighted by molar-refractivity contribution is -0.386. The van der Waals surface area contributed by atoms with Crippen LogP contribution < -0.4 is 4.74 Å². The number of ether oxygens (including phenoxy) is 1. The molecule has 1 N–H and O–H groups in total. The van der Waals surface area contributed by atoms with Gasteiger partial charge in [-0.15, -0.1) is 0 Å². The number of nitro groups is 1. The van der Waals surface area contributed by atoms with E-state index in [0.29, 0.717) is 18.6 Å². The number of benzene rings is 1. The Bertz CT molecular complexity index is 378. The summed E-state index contributed by atoms with van der Waals surface area (Å²) in [7, 11) is 0. The van der Waals surface area contributed by atoms with E-state index in [-0.39, 0.29) is 11.4 Å². The summed E-state index contributed by atoms with van der Waals surface area (Å²) in [5.74, 6) is 0.236. The second-order valence-electron chi connectivity index (χ2n) is 3.34. The molecule has 1 unspecified atom stereocenters. The third kappa shape index (κ3) is 2.70. The lowest BCUT2D eigenvalue weighted by Crippen LogP contribution is -2.01. The van der Waals surface area contributed by atoms with Crippen molar-refractivity contribution >= 4 is 5.69 Å². The van der Waals surface area contributed by atoms with Gasteiger partial charge in [-0.3, -0.25) is 10.1 Å². The summed E-state index contributed by atoms with van der Waals surface area (Å²) in [6.07, 6.45) is -0.153. The van der Waals surface area contributed by atoms with Gasteiger partial charge in [0, 0.05) is 6.07 Å².